The van der Waals surface area contributed by atoms with Crippen molar-refractivity contribution in [2.75, 3.05) is 39.3 Å². The lowest BCUT2D eigenvalue weighted by Crippen LogP contribution is -2.61. The molecule has 2 saturated heterocycles. The first kappa shape index (κ1) is 28.0. The summed E-state index contributed by atoms with van der Waals surface area (Å²) in [5.74, 6) is 0.776. The molecule has 1 unspecified atom stereocenters. The first-order valence-corrected chi connectivity index (χ1v) is 14.1. The van der Waals surface area contributed by atoms with Gasteiger partial charge in [-0.25, -0.2) is 0 Å². The Morgan fingerprint density at radius 2 is 1.78 bits per heavy atom. The zero-order valence-corrected chi connectivity index (χ0v) is 24.0. The highest BCUT2D eigenvalue weighted by Crippen LogP contribution is 2.31. The van der Waals surface area contributed by atoms with Crippen LogP contribution in [0.15, 0.2) is 36.6 Å². The number of carbonyl (C=O) groups is 2. The summed E-state index contributed by atoms with van der Waals surface area (Å²) < 4.78 is 0. The van der Waals surface area contributed by atoms with Crippen molar-refractivity contribution in [2.45, 2.75) is 59.0 Å². The lowest BCUT2D eigenvalue weighted by Gasteiger charge is -2.48. The van der Waals surface area contributed by atoms with Crippen LogP contribution in [0, 0.1) is 11.3 Å². The second-order valence-corrected chi connectivity index (χ2v) is 12.6. The van der Waals surface area contributed by atoms with Gasteiger partial charge in [0.2, 0.25) is 11.8 Å². The number of carbonyl (C=O) groups excluding carboxylic acids is 2. The Kier molecular flexibility index (Phi) is 8.93. The normalized spacial score (nSPS) is 23.6. The maximum Gasteiger partial charge on any atom is 0.223 e. The highest BCUT2D eigenvalue weighted by atomic mass is 35.5. The molecular weight excluding hydrogens is 507 g/mol. The van der Waals surface area contributed by atoms with Gasteiger partial charge in [0.05, 0.1) is 16.1 Å². The van der Waals surface area contributed by atoms with Crippen LogP contribution in [-0.2, 0) is 9.59 Å². The third-order valence-corrected chi connectivity index (χ3v) is 8.72. The SMILES string of the molecule is CC(=O)N1CCC(CC(=O)N2CCN(CC3C=CC(c4ccc(Cl)c(Cl)c4)=CN3)C[C@@H]2C(C)(C)C)CC1. The quantitative estimate of drug-likeness (QED) is 0.560. The maximum atomic E-state index is 13.4. The first-order valence-electron chi connectivity index (χ1n) is 13.4. The van der Waals surface area contributed by atoms with Crippen molar-refractivity contribution in [2.24, 2.45) is 11.3 Å². The highest BCUT2D eigenvalue weighted by molar-refractivity contribution is 6.42. The molecule has 202 valence electrons. The number of benzene rings is 1. The van der Waals surface area contributed by atoms with E-state index < -0.39 is 0 Å². The van der Waals surface area contributed by atoms with Crippen molar-refractivity contribution in [1.82, 2.24) is 20.0 Å². The second-order valence-electron chi connectivity index (χ2n) is 11.7. The van der Waals surface area contributed by atoms with Gasteiger partial charge in [-0.1, -0.05) is 62.2 Å². The Hall–Kier alpha value is -2.02. The molecule has 1 N–H and O–H groups in total. The average molecular weight is 548 g/mol. The van der Waals surface area contributed by atoms with Gasteiger partial charge < -0.3 is 15.1 Å². The van der Waals surface area contributed by atoms with Crippen LogP contribution in [0.5, 0.6) is 0 Å². The molecule has 2 fully saturated rings. The van der Waals surface area contributed by atoms with Crippen molar-refractivity contribution in [1.29, 1.82) is 0 Å². The summed E-state index contributed by atoms with van der Waals surface area (Å²) in [5.41, 5.74) is 2.10. The fourth-order valence-electron chi connectivity index (χ4n) is 5.63. The summed E-state index contributed by atoms with van der Waals surface area (Å²) in [6, 6.07) is 6.06. The summed E-state index contributed by atoms with van der Waals surface area (Å²) >= 11 is 12.3. The molecule has 2 atom stereocenters. The summed E-state index contributed by atoms with van der Waals surface area (Å²) in [6.45, 7) is 13.3. The van der Waals surface area contributed by atoms with E-state index in [1.54, 1.807) is 6.92 Å². The van der Waals surface area contributed by atoms with Crippen molar-refractivity contribution in [3.05, 3.63) is 52.2 Å². The van der Waals surface area contributed by atoms with Crippen molar-refractivity contribution in [3.63, 3.8) is 0 Å². The molecule has 4 rings (SSSR count). The van der Waals surface area contributed by atoms with Gasteiger partial charge >= 0.3 is 0 Å². The number of piperidine rings is 1. The minimum Gasteiger partial charge on any atom is -0.383 e. The van der Waals surface area contributed by atoms with E-state index >= 15 is 0 Å². The third-order valence-electron chi connectivity index (χ3n) is 7.98. The molecular formula is C29H40Cl2N4O2. The largest absolute Gasteiger partial charge is 0.383 e. The summed E-state index contributed by atoms with van der Waals surface area (Å²) in [7, 11) is 0. The van der Waals surface area contributed by atoms with E-state index in [1.807, 2.05) is 29.3 Å². The summed E-state index contributed by atoms with van der Waals surface area (Å²) in [6.07, 6.45) is 8.82. The average Bonchev–Trinajstić information content (AvgIpc) is 2.86. The molecule has 0 bridgehead atoms. The molecule has 37 heavy (non-hydrogen) atoms. The summed E-state index contributed by atoms with van der Waals surface area (Å²) in [5, 5.41) is 4.64. The Morgan fingerprint density at radius 3 is 2.38 bits per heavy atom. The van der Waals surface area contributed by atoms with Gasteiger partial charge in [0.15, 0.2) is 0 Å². The number of likely N-dealkylation sites (tertiary alicyclic amines) is 1. The van der Waals surface area contributed by atoms with Crippen molar-refractivity contribution < 1.29 is 9.59 Å². The van der Waals surface area contributed by atoms with Gasteiger partial charge in [-0.2, -0.15) is 0 Å². The predicted octanol–water partition coefficient (Wildman–Crippen LogP) is 5.07. The standard InChI is InChI=1S/C29H40Cl2N4O2/c1-20(36)34-11-9-21(10-12-34)15-28(37)35-14-13-33(19-27(35)29(2,3)4)18-24-7-5-23(17-32-24)22-6-8-25(30)26(31)16-22/h5-8,16-17,21,24,27,32H,9-15,18-19H2,1-4H3/t24?,27-/m1/s1. The van der Waals surface area contributed by atoms with Crippen LogP contribution in [0.3, 0.4) is 0 Å². The third kappa shape index (κ3) is 7.10. The van der Waals surface area contributed by atoms with Gasteiger partial charge in [-0.15, -0.1) is 0 Å². The van der Waals surface area contributed by atoms with Crippen LogP contribution < -0.4 is 5.32 Å². The topological polar surface area (TPSA) is 55.9 Å². The van der Waals surface area contributed by atoms with Crippen molar-refractivity contribution in [3.8, 4) is 0 Å². The van der Waals surface area contributed by atoms with Gasteiger partial charge in [0, 0.05) is 64.9 Å². The van der Waals surface area contributed by atoms with Crippen LogP contribution in [0.2, 0.25) is 10.0 Å². The Balaban J connectivity index is 1.32. The molecule has 1 aromatic rings. The van der Waals surface area contributed by atoms with Crippen LogP contribution in [-0.4, -0.2) is 77.9 Å². The number of dihydropyridines is 1. The van der Waals surface area contributed by atoms with Crippen LogP contribution in [0.1, 0.15) is 52.5 Å². The van der Waals surface area contributed by atoms with Crippen LogP contribution in [0.4, 0.5) is 0 Å². The molecule has 1 aromatic carbocycles. The Labute approximate surface area is 231 Å². The monoisotopic (exact) mass is 546 g/mol. The number of nitrogens with one attached hydrogen (secondary N) is 1. The molecule has 2 amide bonds. The molecule has 3 aliphatic heterocycles. The Bertz CT molecular complexity index is 1060. The number of nitrogens with zero attached hydrogens (tertiary/aromatic N) is 3. The molecule has 3 aliphatic rings. The van der Waals surface area contributed by atoms with Crippen LogP contribution >= 0.6 is 23.2 Å². The fraction of sp³-hybridized carbons (Fsp3) is 0.586. The lowest BCUT2D eigenvalue weighted by atomic mass is 9.83. The number of allylic oxidation sites excluding steroid dienone is 2. The Morgan fingerprint density at radius 1 is 1.05 bits per heavy atom. The second kappa shape index (κ2) is 11.8. The molecule has 0 aromatic heterocycles. The van der Waals surface area contributed by atoms with Gasteiger partial charge in [0.1, 0.15) is 0 Å². The number of halogens is 2. The molecule has 6 nitrogen and oxygen atoms in total. The molecule has 0 radical (unpaired) electrons. The van der Waals surface area contributed by atoms with Gasteiger partial charge in [0.25, 0.3) is 0 Å². The molecule has 0 spiro atoms. The fourth-order valence-corrected chi connectivity index (χ4v) is 5.93. The lowest BCUT2D eigenvalue weighted by molar-refractivity contribution is -0.141. The summed E-state index contributed by atoms with van der Waals surface area (Å²) in [4.78, 5) is 31.6. The van der Waals surface area contributed by atoms with Crippen molar-refractivity contribution >= 4 is 40.6 Å². The molecule has 0 aliphatic carbocycles. The highest BCUT2D eigenvalue weighted by Gasteiger charge is 2.39. The van der Waals surface area contributed by atoms with E-state index in [0.717, 1.165) is 63.2 Å². The number of hydrogen-bond acceptors (Lipinski definition) is 4. The maximum absolute atomic E-state index is 13.4. The number of rotatable bonds is 5. The van der Waals surface area contributed by atoms with E-state index in [2.05, 4.69) is 48.0 Å². The van der Waals surface area contributed by atoms with E-state index in [9.17, 15) is 9.59 Å². The minimum absolute atomic E-state index is 0.0108. The smallest absolute Gasteiger partial charge is 0.223 e. The van der Waals surface area contributed by atoms with E-state index in [1.165, 1.54) is 0 Å². The molecule has 8 heteroatoms. The zero-order chi connectivity index (χ0) is 26.7. The van der Waals surface area contributed by atoms with Crippen LogP contribution in [0.25, 0.3) is 5.57 Å². The first-order chi connectivity index (χ1) is 17.5. The van der Waals surface area contributed by atoms with E-state index in [4.69, 9.17) is 23.2 Å². The number of amides is 2. The number of piperazine rings is 1. The van der Waals surface area contributed by atoms with Gasteiger partial charge in [-0.3, -0.25) is 14.5 Å². The van der Waals surface area contributed by atoms with E-state index in [-0.39, 0.29) is 29.3 Å². The molecule has 0 saturated carbocycles. The molecule has 3 heterocycles. The van der Waals surface area contributed by atoms with Gasteiger partial charge in [-0.05, 0) is 47.4 Å². The van der Waals surface area contributed by atoms with E-state index in [0.29, 0.717) is 22.4 Å². The number of hydrogen-bond donors (Lipinski definition) is 1. The zero-order valence-electron chi connectivity index (χ0n) is 22.5. The predicted molar refractivity (Wildman–Crippen MR) is 151 cm³/mol. The minimum atomic E-state index is -0.0108.